The van der Waals surface area contributed by atoms with E-state index in [0.29, 0.717) is 6.61 Å². The van der Waals surface area contributed by atoms with E-state index in [1.807, 2.05) is 12.1 Å². The number of ether oxygens (including phenoxy) is 1. The standard InChI is InChI=1S/C23H28N2O/c1-26-19-22(20-11-5-2-6-12-20)24-18-17-23(15-9-4-10-16-23)25-21-13-7-3-8-14-21/h2-3,5-16,22,24-25H,4,17-19H2,1H3/t22-/m0/s1. The molecule has 0 spiro atoms. The van der Waals surface area contributed by atoms with Crippen LogP contribution < -0.4 is 10.6 Å². The number of hydrogen-bond donors (Lipinski definition) is 2. The molecule has 3 rings (SSSR count). The van der Waals surface area contributed by atoms with Crippen LogP contribution in [0.15, 0.2) is 85.0 Å². The number of rotatable bonds is 9. The van der Waals surface area contributed by atoms with Gasteiger partial charge in [0.1, 0.15) is 0 Å². The van der Waals surface area contributed by atoms with E-state index >= 15 is 0 Å². The van der Waals surface area contributed by atoms with Crippen LogP contribution >= 0.6 is 0 Å². The Morgan fingerprint density at radius 2 is 1.62 bits per heavy atom. The highest BCUT2D eigenvalue weighted by molar-refractivity contribution is 5.49. The fraction of sp³-hybridized carbons (Fsp3) is 0.304. The number of nitrogens with one attached hydrogen (secondary N) is 2. The average molecular weight is 348 g/mol. The van der Waals surface area contributed by atoms with E-state index in [0.717, 1.165) is 25.1 Å². The Balaban J connectivity index is 1.65. The second-order valence-electron chi connectivity index (χ2n) is 6.69. The number of methoxy groups -OCH3 is 1. The molecule has 0 saturated heterocycles. The largest absolute Gasteiger partial charge is 0.383 e. The highest BCUT2D eigenvalue weighted by Crippen LogP contribution is 2.25. The van der Waals surface area contributed by atoms with Gasteiger partial charge in [-0.2, -0.15) is 0 Å². The van der Waals surface area contributed by atoms with Gasteiger partial charge in [-0.05, 0) is 37.1 Å². The zero-order chi connectivity index (χ0) is 18.1. The van der Waals surface area contributed by atoms with Gasteiger partial charge in [0, 0.05) is 12.8 Å². The number of allylic oxidation sites excluding steroid dienone is 2. The first-order chi connectivity index (χ1) is 12.8. The van der Waals surface area contributed by atoms with Crippen LogP contribution in [0, 0.1) is 0 Å². The minimum absolute atomic E-state index is 0.152. The van der Waals surface area contributed by atoms with Crippen molar-refractivity contribution in [2.75, 3.05) is 25.6 Å². The maximum atomic E-state index is 5.42. The molecule has 1 aliphatic rings. The van der Waals surface area contributed by atoms with Crippen molar-refractivity contribution in [2.45, 2.75) is 24.4 Å². The average Bonchev–Trinajstić information content (AvgIpc) is 2.69. The van der Waals surface area contributed by atoms with Gasteiger partial charge < -0.3 is 15.4 Å². The molecule has 0 fully saturated rings. The summed E-state index contributed by atoms with van der Waals surface area (Å²) in [5.74, 6) is 0. The van der Waals surface area contributed by atoms with Gasteiger partial charge in [0.05, 0.1) is 18.2 Å². The van der Waals surface area contributed by atoms with Crippen molar-refractivity contribution in [1.29, 1.82) is 0 Å². The van der Waals surface area contributed by atoms with E-state index < -0.39 is 0 Å². The molecular formula is C23H28N2O. The predicted octanol–water partition coefficient (Wildman–Crippen LogP) is 4.72. The summed E-state index contributed by atoms with van der Waals surface area (Å²) in [7, 11) is 1.75. The van der Waals surface area contributed by atoms with E-state index in [-0.39, 0.29) is 11.6 Å². The molecule has 0 amide bonds. The van der Waals surface area contributed by atoms with Gasteiger partial charge >= 0.3 is 0 Å². The van der Waals surface area contributed by atoms with Crippen LogP contribution in [0.25, 0.3) is 0 Å². The lowest BCUT2D eigenvalue weighted by molar-refractivity contribution is 0.166. The van der Waals surface area contributed by atoms with Crippen LogP contribution in [0.5, 0.6) is 0 Å². The van der Waals surface area contributed by atoms with E-state index in [4.69, 9.17) is 4.74 Å². The summed E-state index contributed by atoms with van der Waals surface area (Å²) in [6.07, 6.45) is 11.0. The van der Waals surface area contributed by atoms with Crippen molar-refractivity contribution in [3.05, 3.63) is 90.5 Å². The first-order valence-corrected chi connectivity index (χ1v) is 9.27. The van der Waals surface area contributed by atoms with E-state index in [9.17, 15) is 0 Å². The molecule has 2 N–H and O–H groups in total. The van der Waals surface area contributed by atoms with Crippen molar-refractivity contribution >= 4 is 5.69 Å². The summed E-state index contributed by atoms with van der Waals surface area (Å²) in [4.78, 5) is 0. The molecule has 1 aliphatic carbocycles. The Morgan fingerprint density at radius 3 is 2.27 bits per heavy atom. The van der Waals surface area contributed by atoms with Crippen LogP contribution in [0.4, 0.5) is 5.69 Å². The maximum Gasteiger partial charge on any atom is 0.0752 e. The molecule has 2 aromatic rings. The van der Waals surface area contributed by atoms with E-state index in [1.165, 1.54) is 5.56 Å². The molecule has 26 heavy (non-hydrogen) atoms. The zero-order valence-electron chi connectivity index (χ0n) is 15.4. The molecule has 0 aromatic heterocycles. The smallest absolute Gasteiger partial charge is 0.0752 e. The highest BCUT2D eigenvalue weighted by atomic mass is 16.5. The summed E-state index contributed by atoms with van der Waals surface area (Å²) >= 11 is 0. The summed E-state index contributed by atoms with van der Waals surface area (Å²) in [5.41, 5.74) is 2.25. The normalized spacial score (nSPS) is 16.3. The molecule has 2 aromatic carbocycles. The van der Waals surface area contributed by atoms with Crippen LogP contribution in [0.1, 0.15) is 24.4 Å². The number of hydrogen-bond acceptors (Lipinski definition) is 3. The number of anilines is 1. The Kier molecular flexibility index (Phi) is 6.64. The van der Waals surface area contributed by atoms with Gasteiger partial charge in [-0.15, -0.1) is 0 Å². The monoisotopic (exact) mass is 348 g/mol. The Labute approximate surface area is 156 Å². The van der Waals surface area contributed by atoms with Gasteiger partial charge in [-0.25, -0.2) is 0 Å². The van der Waals surface area contributed by atoms with Crippen LogP contribution in [0.3, 0.4) is 0 Å². The maximum absolute atomic E-state index is 5.42. The Bertz CT molecular complexity index is 698. The second-order valence-corrected chi connectivity index (χ2v) is 6.69. The van der Waals surface area contributed by atoms with Crippen LogP contribution in [-0.4, -0.2) is 25.8 Å². The molecule has 0 unspecified atom stereocenters. The summed E-state index contributed by atoms with van der Waals surface area (Å²) in [6, 6.07) is 21.1. The van der Waals surface area contributed by atoms with Crippen molar-refractivity contribution in [3.8, 4) is 0 Å². The molecule has 1 atom stereocenters. The highest BCUT2D eigenvalue weighted by Gasteiger charge is 2.25. The molecule has 0 bridgehead atoms. The lowest BCUT2D eigenvalue weighted by Crippen LogP contribution is -2.39. The van der Waals surface area contributed by atoms with Gasteiger partial charge in [-0.1, -0.05) is 72.8 Å². The van der Waals surface area contributed by atoms with Crippen molar-refractivity contribution in [3.63, 3.8) is 0 Å². The number of para-hydroxylation sites is 1. The van der Waals surface area contributed by atoms with E-state index in [2.05, 4.69) is 83.5 Å². The fourth-order valence-electron chi connectivity index (χ4n) is 3.37. The zero-order valence-corrected chi connectivity index (χ0v) is 15.4. The Hall–Kier alpha value is -2.36. The van der Waals surface area contributed by atoms with Crippen LogP contribution in [0.2, 0.25) is 0 Å². The lowest BCUT2D eigenvalue weighted by atomic mass is 9.89. The van der Waals surface area contributed by atoms with Gasteiger partial charge in [0.15, 0.2) is 0 Å². The van der Waals surface area contributed by atoms with Gasteiger partial charge in [-0.3, -0.25) is 0 Å². The molecule has 3 nitrogen and oxygen atoms in total. The predicted molar refractivity (Wildman–Crippen MR) is 109 cm³/mol. The summed E-state index contributed by atoms with van der Waals surface area (Å²) < 4.78 is 5.42. The fourth-order valence-corrected chi connectivity index (χ4v) is 3.37. The molecule has 136 valence electrons. The quantitative estimate of drug-likeness (QED) is 0.643. The molecule has 0 aliphatic heterocycles. The van der Waals surface area contributed by atoms with Crippen molar-refractivity contribution in [1.82, 2.24) is 5.32 Å². The summed E-state index contributed by atoms with van der Waals surface area (Å²) in [6.45, 7) is 1.55. The minimum atomic E-state index is -0.152. The number of benzene rings is 2. The van der Waals surface area contributed by atoms with Gasteiger partial charge in [0.25, 0.3) is 0 Å². The van der Waals surface area contributed by atoms with E-state index in [1.54, 1.807) is 7.11 Å². The third-order valence-corrected chi connectivity index (χ3v) is 4.72. The molecule has 3 heteroatoms. The minimum Gasteiger partial charge on any atom is -0.383 e. The third kappa shape index (κ3) is 5.07. The third-order valence-electron chi connectivity index (χ3n) is 4.72. The molecular weight excluding hydrogens is 320 g/mol. The molecule has 0 saturated carbocycles. The van der Waals surface area contributed by atoms with Crippen LogP contribution in [-0.2, 0) is 4.74 Å². The van der Waals surface area contributed by atoms with Crippen molar-refractivity contribution < 1.29 is 4.74 Å². The summed E-state index contributed by atoms with van der Waals surface area (Å²) in [5, 5.41) is 7.36. The second kappa shape index (κ2) is 9.37. The molecule has 0 radical (unpaired) electrons. The first-order valence-electron chi connectivity index (χ1n) is 9.27. The van der Waals surface area contributed by atoms with Gasteiger partial charge in [0.2, 0.25) is 0 Å². The first kappa shape index (κ1) is 18.4. The molecule has 0 heterocycles. The topological polar surface area (TPSA) is 33.3 Å². The van der Waals surface area contributed by atoms with Crippen molar-refractivity contribution in [2.24, 2.45) is 0 Å². The lowest BCUT2D eigenvalue weighted by Gasteiger charge is -2.33. The Morgan fingerprint density at radius 1 is 0.962 bits per heavy atom. The SMILES string of the molecule is COC[C@H](NCCC1(Nc2ccccc2)C=CCC=C1)c1ccccc1.